The SMILES string of the molecule is CC/C=C/C/C=C/C/C=C/C/C=C/C/C=C/CCCCCC(=O)OC[C@H](COP(=O)(O)OCCN)OC(=O)CCC/C=C/C/C=C/C/C=C/C/C=C/CCCCCCCCC. The number of esters is 2. The molecule has 0 saturated heterocycles. The molecule has 2 atom stereocenters. The van der Waals surface area contributed by atoms with Crippen molar-refractivity contribution in [3.63, 3.8) is 0 Å². The van der Waals surface area contributed by atoms with Gasteiger partial charge in [-0.25, -0.2) is 4.57 Å². The van der Waals surface area contributed by atoms with E-state index in [1.54, 1.807) is 0 Å². The molecule has 1 unspecified atom stereocenters. The second kappa shape index (κ2) is 46.2. The van der Waals surface area contributed by atoms with Gasteiger partial charge in [0.05, 0.1) is 13.2 Å². The van der Waals surface area contributed by atoms with Crippen molar-refractivity contribution in [2.24, 2.45) is 5.73 Å². The van der Waals surface area contributed by atoms with E-state index in [4.69, 9.17) is 24.3 Å². The number of hydrogen-bond donors (Lipinski definition) is 2. The predicted molar refractivity (Wildman–Crippen MR) is 256 cm³/mol. The molecule has 9 nitrogen and oxygen atoms in total. The molecule has 10 heteroatoms. The zero-order chi connectivity index (χ0) is 44.6. The molecule has 0 rings (SSSR count). The lowest BCUT2D eigenvalue weighted by molar-refractivity contribution is -0.161. The van der Waals surface area contributed by atoms with Crippen LogP contribution < -0.4 is 5.73 Å². The highest BCUT2D eigenvalue weighted by Crippen LogP contribution is 2.43. The standard InChI is InChI=1S/C51H84NO8P/c1-3-5-7-9-11-13-15-17-19-21-23-24-26-28-30-32-34-36-38-40-42-44-51(54)60-49(48-59-61(55,56)58-46-45-52)47-57-50(53)43-41-39-37-35-33-31-29-27-25-22-20-18-16-14-12-10-8-6-4-2/h6,8,12,14,18-21,24-27,30-33,36,38,49H,3-5,7,9-11,13,15-17,22-23,28-29,34-35,37,39-48,52H2,1-2H3,(H,55,56)/b8-6+,14-12+,20-18+,21-19+,26-24+,27-25+,32-30+,33-31+,38-36+/t49-/m1/s1. The molecule has 0 bridgehead atoms. The third kappa shape index (κ3) is 46.0. The molecule has 0 radical (unpaired) electrons. The minimum absolute atomic E-state index is 0.0336. The number of hydrogen-bond acceptors (Lipinski definition) is 8. The molecule has 0 fully saturated rings. The fraction of sp³-hybridized carbons (Fsp3) is 0.608. The maximum absolute atomic E-state index is 12.6. The molecule has 0 saturated carbocycles. The van der Waals surface area contributed by atoms with Gasteiger partial charge in [-0.2, -0.15) is 0 Å². The molecular formula is C51H84NO8P. The lowest BCUT2D eigenvalue weighted by Gasteiger charge is -2.19. The molecule has 0 aromatic rings. The van der Waals surface area contributed by atoms with Crippen LogP contribution in [0.3, 0.4) is 0 Å². The Hall–Kier alpha value is -3.33. The molecule has 0 aliphatic rings. The summed E-state index contributed by atoms with van der Waals surface area (Å²) in [5.74, 6) is -0.942. The molecule has 346 valence electrons. The number of phosphoric ester groups is 1. The molecular weight excluding hydrogens is 786 g/mol. The highest BCUT2D eigenvalue weighted by atomic mass is 31.2. The van der Waals surface area contributed by atoms with Crippen LogP contribution in [-0.2, 0) is 32.7 Å². The molecule has 61 heavy (non-hydrogen) atoms. The smallest absolute Gasteiger partial charge is 0.462 e. The Morgan fingerprint density at radius 2 is 0.918 bits per heavy atom. The third-order valence-corrected chi connectivity index (χ3v) is 10.1. The van der Waals surface area contributed by atoms with Crippen molar-refractivity contribution in [3.8, 4) is 0 Å². The molecule has 0 aromatic heterocycles. The monoisotopic (exact) mass is 870 g/mol. The summed E-state index contributed by atoms with van der Waals surface area (Å²) in [7, 11) is -4.41. The Morgan fingerprint density at radius 3 is 1.39 bits per heavy atom. The van der Waals surface area contributed by atoms with E-state index in [9.17, 15) is 19.0 Å². The second-order valence-electron chi connectivity index (χ2n) is 14.9. The van der Waals surface area contributed by atoms with E-state index in [0.717, 1.165) is 70.6 Å². The van der Waals surface area contributed by atoms with Crippen molar-refractivity contribution >= 4 is 19.8 Å². The Labute approximate surface area is 371 Å². The maximum Gasteiger partial charge on any atom is 0.472 e. The van der Waals surface area contributed by atoms with Gasteiger partial charge in [-0.1, -0.05) is 168 Å². The van der Waals surface area contributed by atoms with Crippen molar-refractivity contribution in [2.75, 3.05) is 26.4 Å². The van der Waals surface area contributed by atoms with Gasteiger partial charge < -0.3 is 20.1 Å². The van der Waals surface area contributed by atoms with E-state index >= 15 is 0 Å². The van der Waals surface area contributed by atoms with Crippen molar-refractivity contribution < 1.29 is 37.6 Å². The summed E-state index contributed by atoms with van der Waals surface area (Å²) in [4.78, 5) is 34.9. The molecule has 0 heterocycles. The molecule has 0 amide bonds. The third-order valence-electron chi connectivity index (χ3n) is 9.14. The Kier molecular flexibility index (Phi) is 43.7. The van der Waals surface area contributed by atoms with Crippen LogP contribution in [0.2, 0.25) is 0 Å². The first-order chi connectivity index (χ1) is 29.8. The van der Waals surface area contributed by atoms with Crippen molar-refractivity contribution in [1.29, 1.82) is 0 Å². The fourth-order valence-corrected chi connectivity index (χ4v) is 6.48. The second-order valence-corrected chi connectivity index (χ2v) is 16.3. The van der Waals surface area contributed by atoms with Crippen molar-refractivity contribution in [1.82, 2.24) is 0 Å². The summed E-state index contributed by atoms with van der Waals surface area (Å²) in [6.45, 7) is 3.49. The van der Waals surface area contributed by atoms with Crippen LogP contribution in [0.15, 0.2) is 109 Å². The highest BCUT2D eigenvalue weighted by molar-refractivity contribution is 7.47. The normalized spacial score (nSPS) is 14.2. The van der Waals surface area contributed by atoms with Gasteiger partial charge in [-0.05, 0) is 96.3 Å². The van der Waals surface area contributed by atoms with Crippen LogP contribution in [0, 0.1) is 0 Å². The van der Waals surface area contributed by atoms with Crippen molar-refractivity contribution in [2.45, 2.75) is 174 Å². The van der Waals surface area contributed by atoms with Crippen molar-refractivity contribution in [3.05, 3.63) is 109 Å². The first-order valence-electron chi connectivity index (χ1n) is 23.4. The number of phosphoric acid groups is 1. The molecule has 0 aliphatic heterocycles. The number of nitrogens with two attached hydrogens (primary N) is 1. The Bertz CT molecular complexity index is 1360. The first kappa shape index (κ1) is 57.7. The van der Waals surface area contributed by atoms with Crippen LogP contribution in [0.5, 0.6) is 0 Å². The van der Waals surface area contributed by atoms with Gasteiger partial charge in [0.25, 0.3) is 0 Å². The summed E-state index contributed by atoms with van der Waals surface area (Å²) < 4.78 is 32.7. The summed E-state index contributed by atoms with van der Waals surface area (Å²) in [6.07, 6.45) is 61.3. The average Bonchev–Trinajstić information content (AvgIpc) is 3.25. The lowest BCUT2D eigenvalue weighted by atomic mass is 10.1. The van der Waals surface area contributed by atoms with Gasteiger partial charge in [-0.3, -0.25) is 18.6 Å². The quantitative estimate of drug-likeness (QED) is 0.0266. The van der Waals surface area contributed by atoms with Gasteiger partial charge in [-0.15, -0.1) is 0 Å². The number of rotatable bonds is 42. The molecule has 0 aromatic carbocycles. The highest BCUT2D eigenvalue weighted by Gasteiger charge is 2.25. The number of carbonyl (C=O) groups is 2. The van der Waals surface area contributed by atoms with E-state index in [-0.39, 0.29) is 32.6 Å². The number of ether oxygens (including phenoxy) is 2. The maximum atomic E-state index is 12.6. The lowest BCUT2D eigenvalue weighted by Crippen LogP contribution is -2.29. The van der Waals surface area contributed by atoms with E-state index < -0.39 is 32.5 Å². The van der Waals surface area contributed by atoms with Gasteiger partial charge in [0.2, 0.25) is 0 Å². The van der Waals surface area contributed by atoms with Gasteiger partial charge >= 0.3 is 19.8 Å². The van der Waals surface area contributed by atoms with Crippen LogP contribution in [-0.4, -0.2) is 49.3 Å². The van der Waals surface area contributed by atoms with Crippen LogP contribution in [0.25, 0.3) is 0 Å². The summed E-state index contributed by atoms with van der Waals surface area (Å²) in [5.41, 5.74) is 5.35. The van der Waals surface area contributed by atoms with Crippen LogP contribution >= 0.6 is 7.82 Å². The Balaban J connectivity index is 4.30. The van der Waals surface area contributed by atoms with E-state index in [1.165, 1.54) is 51.4 Å². The minimum Gasteiger partial charge on any atom is -0.462 e. The largest absolute Gasteiger partial charge is 0.472 e. The summed E-state index contributed by atoms with van der Waals surface area (Å²) >= 11 is 0. The number of allylic oxidation sites excluding steroid dienone is 18. The first-order valence-corrected chi connectivity index (χ1v) is 24.9. The average molecular weight is 870 g/mol. The minimum atomic E-state index is -4.41. The van der Waals surface area contributed by atoms with Crippen LogP contribution in [0.4, 0.5) is 0 Å². The molecule has 3 N–H and O–H groups in total. The van der Waals surface area contributed by atoms with E-state index in [2.05, 4.69) is 117 Å². The van der Waals surface area contributed by atoms with E-state index in [1.807, 2.05) is 6.08 Å². The van der Waals surface area contributed by atoms with Gasteiger partial charge in [0.15, 0.2) is 6.10 Å². The summed E-state index contributed by atoms with van der Waals surface area (Å²) in [6, 6.07) is 0. The molecule has 0 aliphatic carbocycles. The fourth-order valence-electron chi connectivity index (χ4n) is 5.71. The van der Waals surface area contributed by atoms with Gasteiger partial charge in [0.1, 0.15) is 6.61 Å². The van der Waals surface area contributed by atoms with Crippen LogP contribution in [0.1, 0.15) is 168 Å². The summed E-state index contributed by atoms with van der Waals surface area (Å²) in [5, 5.41) is 0. The zero-order valence-corrected chi connectivity index (χ0v) is 39.0. The topological polar surface area (TPSA) is 134 Å². The van der Waals surface area contributed by atoms with E-state index in [0.29, 0.717) is 19.3 Å². The molecule has 0 spiro atoms. The Morgan fingerprint density at radius 1 is 0.508 bits per heavy atom. The number of carbonyl (C=O) groups excluding carboxylic acids is 2. The predicted octanol–water partition coefficient (Wildman–Crippen LogP) is 13.9. The number of unbranched alkanes of at least 4 members (excludes halogenated alkanes) is 11. The van der Waals surface area contributed by atoms with Gasteiger partial charge in [0, 0.05) is 19.4 Å². The zero-order valence-electron chi connectivity index (χ0n) is 38.1.